The van der Waals surface area contributed by atoms with Crippen LogP contribution in [0.2, 0.25) is 0 Å². The highest BCUT2D eigenvalue weighted by atomic mass is 16.5. The first-order valence-corrected chi connectivity index (χ1v) is 6.40. The fourth-order valence-corrected chi connectivity index (χ4v) is 1.66. The molecular weight excluding hydrogens is 272 g/mol. The Morgan fingerprint density at radius 3 is 2.62 bits per heavy atom. The number of nitrogens with zero attached hydrogens (tertiary/aromatic N) is 4. The molecule has 0 fully saturated rings. The number of methoxy groups -OCH3 is 1. The number of aromatic nitrogens is 4. The number of carbonyl (C=O) groups is 2. The van der Waals surface area contributed by atoms with Gasteiger partial charge in [-0.05, 0) is 11.2 Å². The van der Waals surface area contributed by atoms with E-state index < -0.39 is 5.97 Å². The molecule has 21 heavy (non-hydrogen) atoms. The maximum Gasteiger partial charge on any atom is 0.305 e. The van der Waals surface area contributed by atoms with Crippen molar-refractivity contribution in [2.24, 2.45) is 0 Å². The Bertz CT molecular complexity index is 614. The number of hydrogen-bond donors (Lipinski definition) is 0. The Morgan fingerprint density at radius 2 is 2.00 bits per heavy atom. The van der Waals surface area contributed by atoms with Crippen molar-refractivity contribution in [3.05, 3.63) is 36.9 Å². The van der Waals surface area contributed by atoms with Crippen LogP contribution in [0.5, 0.6) is 0 Å². The zero-order valence-electron chi connectivity index (χ0n) is 11.6. The Morgan fingerprint density at radius 1 is 1.24 bits per heavy atom. The molecular formula is C14H15N4O3+. The third-order valence-electron chi connectivity index (χ3n) is 2.77. The van der Waals surface area contributed by atoms with E-state index in [1.165, 1.54) is 11.8 Å². The SMILES string of the molecule is COC(=O)CCC(=O)C[n+]1ccc(-c2ncccn2)cn1. The molecule has 0 N–H and O–H groups in total. The van der Waals surface area contributed by atoms with E-state index in [1.807, 2.05) is 0 Å². The van der Waals surface area contributed by atoms with Crippen molar-refractivity contribution in [3.63, 3.8) is 0 Å². The van der Waals surface area contributed by atoms with Gasteiger partial charge in [0.2, 0.25) is 12.3 Å². The lowest BCUT2D eigenvalue weighted by Crippen LogP contribution is -2.41. The van der Waals surface area contributed by atoms with E-state index in [9.17, 15) is 9.59 Å². The summed E-state index contributed by atoms with van der Waals surface area (Å²) in [6.45, 7) is 0.118. The summed E-state index contributed by atoms with van der Waals surface area (Å²) in [7, 11) is 1.30. The van der Waals surface area contributed by atoms with E-state index in [0.29, 0.717) is 5.82 Å². The molecule has 0 saturated heterocycles. The number of carbonyl (C=O) groups excluding carboxylic acids is 2. The molecule has 0 aliphatic carbocycles. The Kier molecular flexibility index (Phi) is 5.03. The fraction of sp³-hybridized carbons (Fsp3) is 0.286. The molecule has 0 radical (unpaired) electrons. The summed E-state index contributed by atoms with van der Waals surface area (Å²) < 4.78 is 5.99. The minimum Gasteiger partial charge on any atom is -0.469 e. The van der Waals surface area contributed by atoms with E-state index >= 15 is 0 Å². The van der Waals surface area contributed by atoms with Crippen LogP contribution in [0, 0.1) is 0 Å². The zero-order chi connectivity index (χ0) is 15.1. The van der Waals surface area contributed by atoms with Gasteiger partial charge in [0.1, 0.15) is 6.20 Å². The van der Waals surface area contributed by atoms with Gasteiger partial charge in [0, 0.05) is 30.4 Å². The van der Waals surface area contributed by atoms with Gasteiger partial charge in [0.15, 0.2) is 12.0 Å². The zero-order valence-corrected chi connectivity index (χ0v) is 11.6. The molecule has 7 nitrogen and oxygen atoms in total. The van der Waals surface area contributed by atoms with Gasteiger partial charge in [0.25, 0.3) is 0 Å². The molecule has 0 atom stereocenters. The first kappa shape index (κ1) is 14.7. The normalized spacial score (nSPS) is 10.1. The number of Topliss-reactive ketones (excluding diaryl/α,β-unsaturated/α-hetero) is 1. The van der Waals surface area contributed by atoms with Crippen molar-refractivity contribution in [2.45, 2.75) is 19.4 Å². The molecule has 0 unspecified atom stereocenters. The second kappa shape index (κ2) is 7.18. The maximum absolute atomic E-state index is 11.7. The predicted molar refractivity (Wildman–Crippen MR) is 71.7 cm³/mol. The Labute approximate surface area is 121 Å². The third kappa shape index (κ3) is 4.41. The van der Waals surface area contributed by atoms with Crippen LogP contribution in [-0.4, -0.2) is 33.9 Å². The molecule has 0 saturated carbocycles. The average Bonchev–Trinajstić information content (AvgIpc) is 2.54. The summed E-state index contributed by atoms with van der Waals surface area (Å²) in [5, 5.41) is 4.14. The van der Waals surface area contributed by atoms with Crippen molar-refractivity contribution in [2.75, 3.05) is 7.11 Å². The molecule has 0 aromatic carbocycles. The van der Waals surface area contributed by atoms with Gasteiger partial charge in [-0.2, -0.15) is 0 Å². The van der Waals surface area contributed by atoms with Crippen LogP contribution >= 0.6 is 0 Å². The van der Waals surface area contributed by atoms with Crippen molar-refractivity contribution in [1.29, 1.82) is 0 Å². The quantitative estimate of drug-likeness (QED) is 0.563. The van der Waals surface area contributed by atoms with Crippen LogP contribution in [0.1, 0.15) is 12.8 Å². The molecule has 7 heteroatoms. The number of ketones is 1. The molecule has 2 aromatic heterocycles. The molecule has 2 heterocycles. The number of hydrogen-bond acceptors (Lipinski definition) is 6. The van der Waals surface area contributed by atoms with Crippen molar-refractivity contribution in [3.8, 4) is 11.4 Å². The van der Waals surface area contributed by atoms with Crippen molar-refractivity contribution >= 4 is 11.8 Å². The van der Waals surface area contributed by atoms with E-state index in [0.717, 1.165) is 5.56 Å². The van der Waals surface area contributed by atoms with Gasteiger partial charge >= 0.3 is 5.97 Å². The van der Waals surface area contributed by atoms with E-state index in [1.54, 1.807) is 36.9 Å². The van der Waals surface area contributed by atoms with Crippen LogP contribution in [0.4, 0.5) is 0 Å². The third-order valence-corrected chi connectivity index (χ3v) is 2.77. The highest BCUT2D eigenvalue weighted by Crippen LogP contribution is 2.09. The van der Waals surface area contributed by atoms with Crippen molar-refractivity contribution < 1.29 is 19.0 Å². The molecule has 108 valence electrons. The molecule has 0 aliphatic rings. The molecule has 2 rings (SSSR count). The minimum atomic E-state index is -0.391. The van der Waals surface area contributed by atoms with Crippen molar-refractivity contribution in [1.82, 2.24) is 15.1 Å². The average molecular weight is 287 g/mol. The van der Waals surface area contributed by atoms with E-state index in [4.69, 9.17) is 0 Å². The molecule has 0 aliphatic heterocycles. The van der Waals surface area contributed by atoms with Gasteiger partial charge in [-0.25, -0.2) is 9.97 Å². The lowest BCUT2D eigenvalue weighted by molar-refractivity contribution is -0.742. The Hall–Kier alpha value is -2.70. The first-order valence-electron chi connectivity index (χ1n) is 6.40. The fourth-order valence-electron chi connectivity index (χ4n) is 1.66. The van der Waals surface area contributed by atoms with Crippen LogP contribution in [-0.2, 0) is 20.9 Å². The largest absolute Gasteiger partial charge is 0.469 e. The summed E-state index contributed by atoms with van der Waals surface area (Å²) in [6, 6.07) is 3.52. The second-order valence-electron chi connectivity index (χ2n) is 4.30. The summed E-state index contributed by atoms with van der Waals surface area (Å²) in [5.41, 5.74) is 0.772. The topological polar surface area (TPSA) is 85.9 Å². The smallest absolute Gasteiger partial charge is 0.305 e. The first-order chi connectivity index (χ1) is 10.2. The molecule has 0 bridgehead atoms. The van der Waals surface area contributed by atoms with Gasteiger partial charge in [-0.3, -0.25) is 9.59 Å². The number of rotatable bonds is 6. The summed E-state index contributed by atoms with van der Waals surface area (Å²) >= 11 is 0. The van der Waals surface area contributed by atoms with Gasteiger partial charge < -0.3 is 4.74 Å². The lowest BCUT2D eigenvalue weighted by Gasteiger charge is -1.98. The van der Waals surface area contributed by atoms with Crippen LogP contribution in [0.15, 0.2) is 36.9 Å². The lowest BCUT2D eigenvalue weighted by atomic mass is 10.2. The number of ether oxygens (including phenoxy) is 1. The second-order valence-corrected chi connectivity index (χ2v) is 4.30. The van der Waals surface area contributed by atoms with Gasteiger partial charge in [-0.15, -0.1) is 0 Å². The maximum atomic E-state index is 11.7. The highest BCUT2D eigenvalue weighted by molar-refractivity contribution is 5.81. The summed E-state index contributed by atoms with van der Waals surface area (Å²) in [5.74, 6) is 0.105. The van der Waals surface area contributed by atoms with Crippen LogP contribution in [0.25, 0.3) is 11.4 Å². The number of esters is 1. The standard InChI is InChI=1S/C14H15N4O3/c1-21-13(20)4-3-12(19)10-18-8-5-11(9-17-18)14-15-6-2-7-16-14/h2,5-9H,3-4,10H2,1H3/q+1. The van der Waals surface area contributed by atoms with Crippen LogP contribution < -0.4 is 4.68 Å². The van der Waals surface area contributed by atoms with Crippen LogP contribution in [0.3, 0.4) is 0 Å². The van der Waals surface area contributed by atoms with Gasteiger partial charge in [0.05, 0.1) is 13.5 Å². The Balaban J connectivity index is 1.94. The molecule has 2 aromatic rings. The van der Waals surface area contributed by atoms with E-state index in [2.05, 4.69) is 19.8 Å². The highest BCUT2D eigenvalue weighted by Gasteiger charge is 2.14. The summed E-state index contributed by atoms with van der Waals surface area (Å²) in [6.07, 6.45) is 6.82. The minimum absolute atomic E-state index is 0.0818. The molecule has 0 amide bonds. The van der Waals surface area contributed by atoms with E-state index in [-0.39, 0.29) is 25.2 Å². The van der Waals surface area contributed by atoms with Gasteiger partial charge in [-0.1, -0.05) is 4.68 Å². The predicted octanol–water partition coefficient (Wildman–Crippen LogP) is 0.348. The molecule has 0 spiro atoms. The summed E-state index contributed by atoms with van der Waals surface area (Å²) in [4.78, 5) is 30.9. The monoisotopic (exact) mass is 287 g/mol.